The Morgan fingerprint density at radius 1 is 1.11 bits per heavy atom. The summed E-state index contributed by atoms with van der Waals surface area (Å²) in [5.74, 6) is 0.905. The van der Waals surface area contributed by atoms with E-state index in [-0.39, 0.29) is 0 Å². The highest BCUT2D eigenvalue weighted by Crippen LogP contribution is 2.39. The first-order valence-corrected chi connectivity index (χ1v) is 10.6. The van der Waals surface area contributed by atoms with Crippen molar-refractivity contribution in [2.75, 3.05) is 13.3 Å². The Hall–Kier alpha value is -2.24. The van der Waals surface area contributed by atoms with Gasteiger partial charge in [-0.05, 0) is 48.6 Å². The van der Waals surface area contributed by atoms with E-state index in [1.54, 1.807) is 6.26 Å². The van der Waals surface area contributed by atoms with Crippen LogP contribution < -0.4 is 0 Å². The van der Waals surface area contributed by atoms with Crippen molar-refractivity contribution < 1.29 is 9.47 Å². The molecule has 5 heteroatoms. The maximum atomic E-state index is 5.66. The van der Waals surface area contributed by atoms with Crippen molar-refractivity contribution >= 4 is 26.8 Å². The number of H-pyrrole nitrogens is 1. The van der Waals surface area contributed by atoms with Gasteiger partial charge in [-0.25, -0.2) is 0 Å². The number of nitrogens with one attached hydrogen (secondary N) is 1. The summed E-state index contributed by atoms with van der Waals surface area (Å²) in [4.78, 5) is 6.24. The van der Waals surface area contributed by atoms with Gasteiger partial charge in [0, 0.05) is 27.6 Å². The van der Waals surface area contributed by atoms with Gasteiger partial charge in [-0.2, -0.15) is 0 Å². The van der Waals surface area contributed by atoms with E-state index in [0.29, 0.717) is 12.8 Å². The van der Waals surface area contributed by atoms with Gasteiger partial charge >= 0.3 is 0 Å². The molecule has 0 saturated carbocycles. The fourth-order valence-electron chi connectivity index (χ4n) is 4.42. The number of hydrogen-bond acceptors (Lipinski definition) is 3. The minimum absolute atomic E-state index is 0.324. The molecular weight excluding hydrogens is 416 g/mol. The molecule has 0 fully saturated rings. The zero-order chi connectivity index (χ0) is 18.9. The average Bonchev–Trinajstić information content (AvgIpc) is 3.35. The Bertz CT molecular complexity index is 1010. The van der Waals surface area contributed by atoms with Gasteiger partial charge < -0.3 is 14.5 Å². The second-order valence-corrected chi connectivity index (χ2v) is 8.43. The number of aromatic nitrogens is 1. The summed E-state index contributed by atoms with van der Waals surface area (Å²) in [5.41, 5.74) is 5.35. The molecule has 0 bridgehead atoms. The van der Waals surface area contributed by atoms with Gasteiger partial charge in [-0.3, -0.25) is 4.90 Å². The lowest BCUT2D eigenvalue weighted by atomic mass is 9.90. The van der Waals surface area contributed by atoms with Crippen LogP contribution in [0.5, 0.6) is 0 Å². The van der Waals surface area contributed by atoms with Crippen LogP contribution in [0.15, 0.2) is 65.0 Å². The predicted octanol–water partition coefficient (Wildman–Crippen LogP) is 5.66. The van der Waals surface area contributed by atoms with Crippen molar-refractivity contribution in [2.24, 2.45) is 0 Å². The van der Waals surface area contributed by atoms with E-state index in [1.165, 1.54) is 34.1 Å². The maximum absolute atomic E-state index is 5.66. The maximum Gasteiger partial charge on any atom is 0.229 e. The van der Waals surface area contributed by atoms with Crippen LogP contribution in [0.2, 0.25) is 0 Å². The van der Waals surface area contributed by atoms with Crippen LogP contribution in [-0.4, -0.2) is 23.2 Å². The second kappa shape index (κ2) is 7.64. The molecule has 4 nitrogen and oxygen atoms in total. The molecular formula is C23H23BrN2O2. The summed E-state index contributed by atoms with van der Waals surface area (Å²) >= 11 is 3.63. The fraction of sp³-hybridized carbons (Fsp3) is 0.304. The van der Waals surface area contributed by atoms with Crippen LogP contribution in [0.1, 0.15) is 35.7 Å². The minimum Gasteiger partial charge on any atom is -0.462 e. The van der Waals surface area contributed by atoms with E-state index in [2.05, 4.69) is 74.3 Å². The molecule has 1 unspecified atom stereocenters. The van der Waals surface area contributed by atoms with Crippen molar-refractivity contribution in [3.63, 3.8) is 0 Å². The Labute approximate surface area is 173 Å². The molecule has 1 N–H and O–H groups in total. The average molecular weight is 439 g/mol. The lowest BCUT2D eigenvalue weighted by molar-refractivity contribution is 0.0657. The molecule has 1 atom stereocenters. The highest BCUT2D eigenvalue weighted by atomic mass is 79.9. The molecule has 2 aromatic carbocycles. The summed E-state index contributed by atoms with van der Waals surface area (Å²) in [6.07, 6.45) is 5.22. The molecule has 144 valence electrons. The first-order chi connectivity index (χ1) is 13.8. The minimum atomic E-state index is 0.324. The SMILES string of the molecule is Brc1ccc2[nH]c3c(c2c1)CCCC3N(CC1=COCO1)Cc1ccccc1. The van der Waals surface area contributed by atoms with Crippen LogP contribution in [0.25, 0.3) is 10.9 Å². The molecule has 0 saturated heterocycles. The van der Waals surface area contributed by atoms with Gasteiger partial charge in [0.05, 0.1) is 12.6 Å². The molecule has 28 heavy (non-hydrogen) atoms. The first kappa shape index (κ1) is 17.8. The molecule has 2 heterocycles. The van der Waals surface area contributed by atoms with Crippen molar-refractivity contribution in [1.29, 1.82) is 0 Å². The van der Waals surface area contributed by atoms with Gasteiger partial charge in [0.15, 0.2) is 0 Å². The fourth-order valence-corrected chi connectivity index (χ4v) is 4.79. The topological polar surface area (TPSA) is 37.5 Å². The third kappa shape index (κ3) is 3.45. The number of fused-ring (bicyclic) bond motifs is 3. The smallest absolute Gasteiger partial charge is 0.229 e. The molecule has 0 amide bonds. The number of benzene rings is 2. The van der Waals surface area contributed by atoms with Crippen LogP contribution in [0.4, 0.5) is 0 Å². The molecule has 0 radical (unpaired) electrons. The summed E-state index contributed by atoms with van der Waals surface area (Å²) < 4.78 is 12.1. The van der Waals surface area contributed by atoms with Crippen molar-refractivity contribution in [2.45, 2.75) is 31.8 Å². The van der Waals surface area contributed by atoms with Crippen molar-refractivity contribution in [3.05, 3.63) is 81.8 Å². The largest absolute Gasteiger partial charge is 0.462 e. The van der Waals surface area contributed by atoms with Crippen LogP contribution in [0, 0.1) is 0 Å². The molecule has 0 spiro atoms. The molecule has 5 rings (SSSR count). The van der Waals surface area contributed by atoms with E-state index < -0.39 is 0 Å². The van der Waals surface area contributed by atoms with E-state index >= 15 is 0 Å². The lowest BCUT2D eigenvalue weighted by Crippen LogP contribution is -2.33. The first-order valence-electron chi connectivity index (χ1n) is 9.79. The number of ether oxygens (including phenoxy) is 2. The molecule has 1 aromatic heterocycles. The molecule has 1 aliphatic heterocycles. The van der Waals surface area contributed by atoms with Gasteiger partial charge in [-0.15, -0.1) is 0 Å². The predicted molar refractivity (Wildman–Crippen MR) is 114 cm³/mol. The highest BCUT2D eigenvalue weighted by Gasteiger charge is 2.30. The van der Waals surface area contributed by atoms with E-state index in [4.69, 9.17) is 9.47 Å². The molecule has 3 aromatic rings. The number of rotatable bonds is 5. The van der Waals surface area contributed by atoms with Gasteiger partial charge in [0.1, 0.15) is 12.0 Å². The molecule has 1 aliphatic carbocycles. The van der Waals surface area contributed by atoms with Crippen molar-refractivity contribution in [3.8, 4) is 0 Å². The number of halogens is 1. The zero-order valence-corrected chi connectivity index (χ0v) is 17.2. The van der Waals surface area contributed by atoms with Gasteiger partial charge in [0.2, 0.25) is 6.79 Å². The lowest BCUT2D eigenvalue weighted by Gasteiger charge is -2.34. The quantitative estimate of drug-likeness (QED) is 0.558. The summed E-state index contributed by atoms with van der Waals surface area (Å²) in [7, 11) is 0. The summed E-state index contributed by atoms with van der Waals surface area (Å²) in [6.45, 7) is 1.95. The van der Waals surface area contributed by atoms with E-state index in [0.717, 1.165) is 36.2 Å². The number of nitrogens with zero attached hydrogens (tertiary/aromatic N) is 1. The monoisotopic (exact) mass is 438 g/mol. The number of aromatic amines is 1. The summed E-state index contributed by atoms with van der Waals surface area (Å²) in [6, 6.07) is 17.5. The second-order valence-electron chi connectivity index (χ2n) is 7.52. The van der Waals surface area contributed by atoms with Crippen molar-refractivity contribution in [1.82, 2.24) is 9.88 Å². The van der Waals surface area contributed by atoms with E-state index in [9.17, 15) is 0 Å². The summed E-state index contributed by atoms with van der Waals surface area (Å²) in [5, 5.41) is 1.34. The number of hydrogen-bond donors (Lipinski definition) is 1. The van der Waals surface area contributed by atoms with Gasteiger partial charge in [0.25, 0.3) is 0 Å². The third-order valence-electron chi connectivity index (χ3n) is 5.69. The van der Waals surface area contributed by atoms with E-state index in [1.807, 2.05) is 0 Å². The van der Waals surface area contributed by atoms with Gasteiger partial charge in [-0.1, -0.05) is 46.3 Å². The van der Waals surface area contributed by atoms with Crippen LogP contribution in [0.3, 0.4) is 0 Å². The Morgan fingerprint density at radius 3 is 2.82 bits per heavy atom. The Morgan fingerprint density at radius 2 is 2.00 bits per heavy atom. The number of aryl methyl sites for hydroxylation is 1. The van der Waals surface area contributed by atoms with Crippen LogP contribution in [-0.2, 0) is 22.4 Å². The molecule has 2 aliphatic rings. The zero-order valence-electron chi connectivity index (χ0n) is 15.7. The standard InChI is InChI=1S/C23H23BrN2O2/c24-17-9-10-21-20(11-17)19-7-4-8-22(23(19)25-21)26(13-18-14-27-15-28-18)12-16-5-2-1-3-6-16/h1-3,5-6,9-11,14,22,25H,4,7-8,12-13,15H2. The third-order valence-corrected chi connectivity index (χ3v) is 6.19. The van der Waals surface area contributed by atoms with Crippen LogP contribution >= 0.6 is 15.9 Å². The highest BCUT2D eigenvalue weighted by molar-refractivity contribution is 9.10. The normalized spacial score (nSPS) is 18.6. The Balaban J connectivity index is 1.52. The Kier molecular flexibility index (Phi) is 4.87.